The van der Waals surface area contributed by atoms with Crippen molar-refractivity contribution in [1.82, 2.24) is 19.4 Å². The van der Waals surface area contributed by atoms with Crippen molar-refractivity contribution in [3.63, 3.8) is 0 Å². The molecule has 0 N–H and O–H groups in total. The van der Waals surface area contributed by atoms with Gasteiger partial charge in [-0.1, -0.05) is 6.07 Å². The SMILES string of the molecule is O=C(c1ccc2c(c1)ncn2C1CC1)N(Cc1ccccn1)C[C@@H]1CCCO1. The summed E-state index contributed by atoms with van der Waals surface area (Å²) >= 11 is 0. The summed E-state index contributed by atoms with van der Waals surface area (Å²) < 4.78 is 8.01. The van der Waals surface area contributed by atoms with Gasteiger partial charge in [0, 0.05) is 31.0 Å². The molecule has 2 aromatic heterocycles. The molecule has 1 aliphatic heterocycles. The number of pyridine rings is 1. The average molecular weight is 376 g/mol. The number of imidazole rings is 1. The number of carbonyl (C=O) groups excluding carboxylic acids is 1. The van der Waals surface area contributed by atoms with Crippen LogP contribution in [-0.2, 0) is 11.3 Å². The molecule has 1 saturated heterocycles. The molecule has 1 aliphatic carbocycles. The third-order valence-corrected chi connectivity index (χ3v) is 5.58. The van der Waals surface area contributed by atoms with Crippen molar-refractivity contribution < 1.29 is 9.53 Å². The van der Waals surface area contributed by atoms with Crippen LogP contribution in [0.15, 0.2) is 48.9 Å². The van der Waals surface area contributed by atoms with E-state index in [1.54, 1.807) is 6.20 Å². The van der Waals surface area contributed by atoms with Gasteiger partial charge in [-0.2, -0.15) is 0 Å². The molecule has 1 atom stereocenters. The summed E-state index contributed by atoms with van der Waals surface area (Å²) in [6.45, 7) is 1.85. The molecular formula is C22H24N4O2. The maximum absolute atomic E-state index is 13.3. The molecule has 1 aromatic carbocycles. The lowest BCUT2D eigenvalue weighted by Gasteiger charge is -2.25. The number of amides is 1. The maximum atomic E-state index is 13.3. The van der Waals surface area contributed by atoms with Crippen molar-refractivity contribution >= 4 is 16.9 Å². The topological polar surface area (TPSA) is 60.2 Å². The van der Waals surface area contributed by atoms with Crippen LogP contribution in [0, 0.1) is 0 Å². The summed E-state index contributed by atoms with van der Waals surface area (Å²) in [5.74, 6) is 0.00373. The lowest BCUT2D eigenvalue weighted by Crippen LogP contribution is -2.37. The zero-order chi connectivity index (χ0) is 18.9. The molecule has 0 unspecified atom stereocenters. The molecule has 6 heteroatoms. The largest absolute Gasteiger partial charge is 0.376 e. The standard InChI is InChI=1S/C22H24N4O2/c27-22(16-6-9-21-20(12-16)24-15-26(21)18-7-8-18)25(14-19-5-3-11-28-19)13-17-4-1-2-10-23-17/h1-2,4,6,9-10,12,15,18-19H,3,5,7-8,11,13-14H2/t19-/m0/s1. The molecule has 144 valence electrons. The van der Waals surface area contributed by atoms with E-state index >= 15 is 0 Å². The van der Waals surface area contributed by atoms with Gasteiger partial charge in [-0.15, -0.1) is 0 Å². The van der Waals surface area contributed by atoms with E-state index in [1.165, 1.54) is 12.8 Å². The number of nitrogens with zero attached hydrogens (tertiary/aromatic N) is 4. The van der Waals surface area contributed by atoms with Crippen LogP contribution in [0.25, 0.3) is 11.0 Å². The van der Waals surface area contributed by atoms with Crippen molar-refractivity contribution in [2.45, 2.75) is 44.4 Å². The average Bonchev–Trinajstić information content (AvgIpc) is 3.27. The van der Waals surface area contributed by atoms with E-state index in [2.05, 4.69) is 14.5 Å². The molecule has 28 heavy (non-hydrogen) atoms. The van der Waals surface area contributed by atoms with Gasteiger partial charge in [0.05, 0.1) is 35.7 Å². The molecule has 2 aliphatic rings. The Morgan fingerprint density at radius 1 is 1.18 bits per heavy atom. The Morgan fingerprint density at radius 3 is 2.86 bits per heavy atom. The highest BCUT2D eigenvalue weighted by Gasteiger charge is 2.27. The number of hydrogen-bond acceptors (Lipinski definition) is 4. The molecule has 5 rings (SSSR count). The maximum Gasteiger partial charge on any atom is 0.254 e. The lowest BCUT2D eigenvalue weighted by molar-refractivity contribution is 0.0504. The number of carbonyl (C=O) groups is 1. The van der Waals surface area contributed by atoms with E-state index in [1.807, 2.05) is 47.6 Å². The monoisotopic (exact) mass is 376 g/mol. The van der Waals surface area contributed by atoms with Crippen LogP contribution in [0.1, 0.15) is 47.8 Å². The molecule has 6 nitrogen and oxygen atoms in total. The Morgan fingerprint density at radius 2 is 2.11 bits per heavy atom. The number of hydrogen-bond donors (Lipinski definition) is 0. The van der Waals surface area contributed by atoms with Crippen molar-refractivity contribution in [2.24, 2.45) is 0 Å². The summed E-state index contributed by atoms with van der Waals surface area (Å²) in [7, 11) is 0. The zero-order valence-electron chi connectivity index (χ0n) is 15.8. The molecule has 1 amide bonds. The molecule has 3 heterocycles. The molecule has 1 saturated carbocycles. The third-order valence-electron chi connectivity index (χ3n) is 5.58. The Hall–Kier alpha value is -2.73. The Labute approximate surface area is 164 Å². The van der Waals surface area contributed by atoms with Gasteiger partial charge in [-0.25, -0.2) is 4.98 Å². The van der Waals surface area contributed by atoms with Crippen molar-refractivity contribution in [1.29, 1.82) is 0 Å². The van der Waals surface area contributed by atoms with Gasteiger partial charge >= 0.3 is 0 Å². The van der Waals surface area contributed by atoms with Crippen molar-refractivity contribution in [2.75, 3.05) is 13.2 Å². The number of aromatic nitrogens is 3. The van der Waals surface area contributed by atoms with Crippen molar-refractivity contribution in [3.05, 3.63) is 60.2 Å². The summed E-state index contributed by atoms with van der Waals surface area (Å²) in [5, 5.41) is 0. The number of fused-ring (bicyclic) bond motifs is 1. The normalized spacial score (nSPS) is 19.2. The first-order valence-corrected chi connectivity index (χ1v) is 10.1. The van der Waals surface area contributed by atoms with Gasteiger partial charge in [0.2, 0.25) is 0 Å². The van der Waals surface area contributed by atoms with Gasteiger partial charge < -0.3 is 14.2 Å². The van der Waals surface area contributed by atoms with Crippen molar-refractivity contribution in [3.8, 4) is 0 Å². The van der Waals surface area contributed by atoms with Gasteiger partial charge in [0.1, 0.15) is 0 Å². The molecule has 3 aromatic rings. The highest BCUT2D eigenvalue weighted by molar-refractivity contribution is 5.97. The lowest BCUT2D eigenvalue weighted by atomic mass is 10.1. The molecule has 2 fully saturated rings. The first-order valence-electron chi connectivity index (χ1n) is 10.1. The van der Waals surface area contributed by atoms with Gasteiger partial charge in [-0.05, 0) is 56.0 Å². The fraction of sp³-hybridized carbons (Fsp3) is 0.409. The van der Waals surface area contributed by atoms with Crippen LogP contribution in [0.2, 0.25) is 0 Å². The van der Waals surface area contributed by atoms with E-state index in [9.17, 15) is 4.79 Å². The summed E-state index contributed by atoms with van der Waals surface area (Å²) in [4.78, 5) is 24.1. The highest BCUT2D eigenvalue weighted by Crippen LogP contribution is 2.37. The summed E-state index contributed by atoms with van der Waals surface area (Å²) in [5.41, 5.74) is 3.54. The second-order valence-electron chi connectivity index (χ2n) is 7.73. The number of rotatable bonds is 6. The van der Waals surface area contributed by atoms with Gasteiger partial charge in [0.15, 0.2) is 0 Å². The predicted molar refractivity (Wildman–Crippen MR) is 106 cm³/mol. The molecule has 0 spiro atoms. The fourth-order valence-corrected chi connectivity index (χ4v) is 3.93. The minimum Gasteiger partial charge on any atom is -0.376 e. The van der Waals surface area contributed by atoms with E-state index < -0.39 is 0 Å². The number of ether oxygens (including phenoxy) is 1. The quantitative estimate of drug-likeness (QED) is 0.660. The van der Waals surface area contributed by atoms with E-state index in [-0.39, 0.29) is 12.0 Å². The molecular weight excluding hydrogens is 352 g/mol. The van der Waals surface area contributed by atoms with Crippen LogP contribution in [-0.4, -0.2) is 44.6 Å². The number of benzene rings is 1. The van der Waals surface area contributed by atoms with Crippen LogP contribution in [0.4, 0.5) is 0 Å². The zero-order valence-corrected chi connectivity index (χ0v) is 15.8. The van der Waals surface area contributed by atoms with E-state index in [0.717, 1.165) is 36.2 Å². The van der Waals surface area contributed by atoms with E-state index in [4.69, 9.17) is 4.74 Å². The summed E-state index contributed by atoms with van der Waals surface area (Å²) in [6.07, 6.45) is 8.24. The Kier molecular flexibility index (Phi) is 4.56. The van der Waals surface area contributed by atoms with Crippen LogP contribution >= 0.6 is 0 Å². The van der Waals surface area contributed by atoms with Crippen LogP contribution < -0.4 is 0 Å². The summed E-state index contributed by atoms with van der Waals surface area (Å²) in [6, 6.07) is 12.2. The second kappa shape index (κ2) is 7.36. The van der Waals surface area contributed by atoms with E-state index in [0.29, 0.717) is 24.7 Å². The minimum atomic E-state index is 0.00373. The first-order chi connectivity index (χ1) is 13.8. The van der Waals surface area contributed by atoms with Gasteiger partial charge in [-0.3, -0.25) is 9.78 Å². The predicted octanol–water partition coefficient (Wildman–Crippen LogP) is 3.59. The van der Waals surface area contributed by atoms with Crippen LogP contribution in [0.5, 0.6) is 0 Å². The smallest absolute Gasteiger partial charge is 0.254 e. The molecule has 0 bridgehead atoms. The Balaban J connectivity index is 1.41. The van der Waals surface area contributed by atoms with Crippen LogP contribution in [0.3, 0.4) is 0 Å². The first kappa shape index (κ1) is 17.4. The third kappa shape index (κ3) is 3.52. The second-order valence-corrected chi connectivity index (χ2v) is 7.73. The van der Waals surface area contributed by atoms with Gasteiger partial charge in [0.25, 0.3) is 5.91 Å². The molecule has 0 radical (unpaired) electrons. The minimum absolute atomic E-state index is 0.00373. The Bertz CT molecular complexity index is 975. The fourth-order valence-electron chi connectivity index (χ4n) is 3.93. The highest BCUT2D eigenvalue weighted by atomic mass is 16.5.